The quantitative estimate of drug-likeness (QED) is 0.308. The van der Waals surface area contributed by atoms with Gasteiger partial charge in [0.15, 0.2) is 5.65 Å². The van der Waals surface area contributed by atoms with Crippen molar-refractivity contribution in [3.63, 3.8) is 0 Å². The number of piperazine rings is 1. The standard InChI is InChI=1S/C28H26FN9O/c1-37-6-8-38(9-7-37)24-4-2-18(3-5-24)20-12-25-26(35-36-27(25)32-14-20)19-10-21(29)13-22(11-19)33-28(39)34-23-15-30-17-31-16-23/h2-5,10-17H,6-9H2,1H3,(H,32,35,36)(H2,33,34,39). The number of fused-ring (bicyclic) bond motifs is 1. The van der Waals surface area contributed by atoms with Gasteiger partial charge >= 0.3 is 6.03 Å². The summed E-state index contributed by atoms with van der Waals surface area (Å²) in [6.07, 6.45) is 6.08. The number of likely N-dealkylation sites (N-methyl/N-ethyl adjacent to an activating group) is 1. The van der Waals surface area contributed by atoms with Crippen LogP contribution in [-0.2, 0) is 0 Å². The van der Waals surface area contributed by atoms with Crippen LogP contribution in [0.3, 0.4) is 0 Å². The van der Waals surface area contributed by atoms with E-state index in [1.54, 1.807) is 12.3 Å². The van der Waals surface area contributed by atoms with Crippen molar-refractivity contribution in [1.82, 2.24) is 30.0 Å². The minimum atomic E-state index is -0.544. The number of halogens is 1. The van der Waals surface area contributed by atoms with Gasteiger partial charge in [-0.1, -0.05) is 12.1 Å². The third-order valence-electron chi connectivity index (χ3n) is 6.73. The van der Waals surface area contributed by atoms with Crippen molar-refractivity contribution in [3.05, 3.63) is 79.3 Å². The lowest BCUT2D eigenvalue weighted by molar-refractivity contribution is 0.262. The Labute approximate surface area is 223 Å². The molecule has 0 unspecified atom stereocenters. The molecular formula is C28H26FN9O. The molecule has 0 radical (unpaired) electrons. The summed E-state index contributed by atoms with van der Waals surface area (Å²) < 4.78 is 14.6. The van der Waals surface area contributed by atoms with Gasteiger partial charge in [0.2, 0.25) is 0 Å². The number of urea groups is 1. The number of amides is 2. The average Bonchev–Trinajstić information content (AvgIpc) is 3.37. The minimum absolute atomic E-state index is 0.277. The zero-order valence-corrected chi connectivity index (χ0v) is 21.2. The molecule has 0 bridgehead atoms. The summed E-state index contributed by atoms with van der Waals surface area (Å²) in [6.45, 7) is 4.12. The summed E-state index contributed by atoms with van der Waals surface area (Å²) in [6, 6.07) is 14.2. The first-order chi connectivity index (χ1) is 19.0. The van der Waals surface area contributed by atoms with Crippen molar-refractivity contribution in [2.75, 3.05) is 48.8 Å². The lowest BCUT2D eigenvalue weighted by Gasteiger charge is -2.34. The van der Waals surface area contributed by atoms with Crippen LogP contribution in [0.25, 0.3) is 33.4 Å². The van der Waals surface area contributed by atoms with Crippen molar-refractivity contribution < 1.29 is 9.18 Å². The van der Waals surface area contributed by atoms with Gasteiger partial charge in [-0.25, -0.2) is 24.1 Å². The van der Waals surface area contributed by atoms with Crippen LogP contribution in [0, 0.1) is 5.82 Å². The molecule has 3 N–H and O–H groups in total. The van der Waals surface area contributed by atoms with Crippen molar-refractivity contribution in [3.8, 4) is 22.4 Å². The number of hydrogen-bond acceptors (Lipinski definition) is 7. The molecule has 196 valence electrons. The largest absolute Gasteiger partial charge is 0.369 e. The van der Waals surface area contributed by atoms with Gasteiger partial charge in [0, 0.05) is 60.3 Å². The number of hydrogen-bond donors (Lipinski definition) is 3. The van der Waals surface area contributed by atoms with Gasteiger partial charge < -0.3 is 20.4 Å². The smallest absolute Gasteiger partial charge is 0.323 e. The van der Waals surface area contributed by atoms with E-state index >= 15 is 0 Å². The normalized spacial score (nSPS) is 13.9. The molecule has 0 saturated carbocycles. The zero-order valence-electron chi connectivity index (χ0n) is 21.2. The van der Waals surface area contributed by atoms with E-state index in [0.29, 0.717) is 22.6 Å². The van der Waals surface area contributed by atoms with Crippen molar-refractivity contribution in [1.29, 1.82) is 0 Å². The summed E-state index contributed by atoms with van der Waals surface area (Å²) in [4.78, 5) is 29.4. The van der Waals surface area contributed by atoms with Crippen LogP contribution in [0.4, 0.5) is 26.2 Å². The Balaban J connectivity index is 1.25. The molecule has 2 aromatic carbocycles. The van der Waals surface area contributed by atoms with Gasteiger partial charge in [-0.05, 0) is 49.0 Å². The highest BCUT2D eigenvalue weighted by atomic mass is 19.1. The Bertz CT molecular complexity index is 1610. The van der Waals surface area contributed by atoms with Crippen LogP contribution < -0.4 is 15.5 Å². The molecule has 1 saturated heterocycles. The zero-order chi connectivity index (χ0) is 26.8. The SMILES string of the molecule is CN1CCN(c2ccc(-c3cnc4[nH]nc(-c5cc(F)cc(NC(=O)Nc6cncnc6)c5)c4c3)cc2)CC1. The first-order valence-corrected chi connectivity index (χ1v) is 12.5. The number of nitrogens with zero attached hydrogens (tertiary/aromatic N) is 6. The van der Waals surface area contributed by atoms with Gasteiger partial charge in [0.1, 0.15) is 17.8 Å². The van der Waals surface area contributed by atoms with Gasteiger partial charge in [-0.3, -0.25) is 5.10 Å². The van der Waals surface area contributed by atoms with Crippen molar-refractivity contribution >= 4 is 34.1 Å². The molecule has 5 aromatic rings. The number of pyridine rings is 1. The average molecular weight is 524 g/mol. The second-order valence-electron chi connectivity index (χ2n) is 9.46. The third-order valence-corrected chi connectivity index (χ3v) is 6.73. The monoisotopic (exact) mass is 523 g/mol. The Kier molecular flexibility index (Phi) is 6.55. The van der Waals surface area contributed by atoms with Crippen LogP contribution in [0.2, 0.25) is 0 Å². The Morgan fingerprint density at radius 1 is 0.872 bits per heavy atom. The minimum Gasteiger partial charge on any atom is -0.369 e. The molecule has 0 spiro atoms. The van der Waals surface area contributed by atoms with E-state index in [4.69, 9.17) is 0 Å². The van der Waals surface area contributed by atoms with E-state index in [1.165, 1.54) is 36.5 Å². The molecule has 6 rings (SSSR count). The second-order valence-corrected chi connectivity index (χ2v) is 9.46. The Morgan fingerprint density at radius 3 is 2.38 bits per heavy atom. The van der Waals surface area contributed by atoms with E-state index in [0.717, 1.165) is 42.7 Å². The molecule has 1 aliphatic heterocycles. The highest BCUT2D eigenvalue weighted by molar-refractivity contribution is 6.00. The number of anilines is 3. The van der Waals surface area contributed by atoms with Crippen LogP contribution in [0.5, 0.6) is 0 Å². The van der Waals surface area contributed by atoms with Crippen molar-refractivity contribution in [2.45, 2.75) is 0 Å². The summed E-state index contributed by atoms with van der Waals surface area (Å²) >= 11 is 0. The Hall–Kier alpha value is -4.90. The molecule has 39 heavy (non-hydrogen) atoms. The molecule has 0 aliphatic carbocycles. The molecule has 11 heteroatoms. The number of aromatic amines is 1. The van der Waals surface area contributed by atoms with E-state index in [1.807, 2.05) is 6.07 Å². The number of rotatable bonds is 5. The number of carbonyl (C=O) groups excluding carboxylic acids is 1. The Morgan fingerprint density at radius 2 is 1.62 bits per heavy atom. The van der Waals surface area contributed by atoms with Gasteiger partial charge in [-0.2, -0.15) is 5.10 Å². The van der Waals surface area contributed by atoms with E-state index < -0.39 is 11.8 Å². The van der Waals surface area contributed by atoms with Crippen molar-refractivity contribution in [2.24, 2.45) is 0 Å². The van der Waals surface area contributed by atoms with Crippen LogP contribution in [-0.4, -0.2) is 69.3 Å². The van der Waals surface area contributed by atoms with E-state index in [9.17, 15) is 9.18 Å². The highest BCUT2D eigenvalue weighted by Gasteiger charge is 2.16. The number of benzene rings is 2. The second kappa shape index (κ2) is 10.5. The van der Waals surface area contributed by atoms with Gasteiger partial charge in [-0.15, -0.1) is 0 Å². The topological polar surface area (TPSA) is 115 Å². The molecule has 1 fully saturated rings. The fourth-order valence-electron chi connectivity index (χ4n) is 4.67. The lowest BCUT2D eigenvalue weighted by atomic mass is 10.0. The van der Waals surface area contributed by atoms with Gasteiger partial charge in [0.05, 0.1) is 18.1 Å². The summed E-state index contributed by atoms with van der Waals surface area (Å²) in [5.41, 5.74) is 5.47. The fraction of sp³-hybridized carbons (Fsp3) is 0.179. The summed E-state index contributed by atoms with van der Waals surface area (Å²) in [7, 11) is 2.15. The molecule has 0 atom stereocenters. The van der Waals surface area contributed by atoms with Crippen LogP contribution in [0.1, 0.15) is 0 Å². The maximum atomic E-state index is 14.6. The van der Waals surface area contributed by atoms with E-state index in [-0.39, 0.29) is 5.69 Å². The first kappa shape index (κ1) is 24.4. The van der Waals surface area contributed by atoms with Crippen LogP contribution in [0.15, 0.2) is 73.4 Å². The maximum absolute atomic E-state index is 14.6. The molecule has 4 heterocycles. The van der Waals surface area contributed by atoms with Crippen LogP contribution >= 0.6 is 0 Å². The van der Waals surface area contributed by atoms with Gasteiger partial charge in [0.25, 0.3) is 0 Å². The summed E-state index contributed by atoms with van der Waals surface area (Å²) in [5.74, 6) is -0.509. The fourth-order valence-corrected chi connectivity index (χ4v) is 4.67. The summed E-state index contributed by atoms with van der Waals surface area (Å²) in [5, 5.41) is 13.3. The maximum Gasteiger partial charge on any atom is 0.323 e. The molecule has 1 aliphatic rings. The van der Waals surface area contributed by atoms with E-state index in [2.05, 4.69) is 76.9 Å². The number of carbonyl (C=O) groups is 1. The predicted octanol–water partition coefficient (Wildman–Crippen LogP) is 4.62. The number of aromatic nitrogens is 5. The molecular weight excluding hydrogens is 497 g/mol. The number of H-pyrrole nitrogens is 1. The third kappa shape index (κ3) is 5.39. The molecule has 10 nitrogen and oxygen atoms in total. The number of nitrogens with one attached hydrogen (secondary N) is 3. The predicted molar refractivity (Wildman–Crippen MR) is 149 cm³/mol. The lowest BCUT2D eigenvalue weighted by Crippen LogP contribution is -2.44. The highest BCUT2D eigenvalue weighted by Crippen LogP contribution is 2.32. The molecule has 3 aromatic heterocycles. The first-order valence-electron chi connectivity index (χ1n) is 12.5. The molecule has 2 amide bonds.